The maximum Gasteiger partial charge on any atom is 0.434 e. The van der Waals surface area contributed by atoms with Gasteiger partial charge in [0.15, 0.2) is 5.69 Å². The molecule has 71 heavy (non-hydrogen) atoms. The summed E-state index contributed by atoms with van der Waals surface area (Å²) in [5, 5.41) is 13.1. The van der Waals surface area contributed by atoms with Gasteiger partial charge in [0.05, 0.1) is 30.1 Å². The standard InChI is InChI=1S/C46H39F7N12O6/c1-71-33-11-10-26(47)18-30(33)43(69)57-21-24-6-8-25(9-7-24)38-37(41(55)67)40(54)64(61-38)23-36(66)63-15-3-14-62(16-17-63)35-20-27(19-34(60-35)45(48,49)50)59-44(70)31-22-58-65(39(31)46(51,52)53)32-5-2-4-29-28(32)12-13-56-42(29)68/h2,4-13,18-20,22H,3,14-17,21,23,54H2,1H3,(H2,55,67)(H,56,68)(H,57,69)(H,59,60,70). The van der Waals surface area contributed by atoms with Gasteiger partial charge < -0.3 is 41.6 Å². The topological polar surface area (TPSA) is 241 Å². The van der Waals surface area contributed by atoms with E-state index in [9.17, 15) is 54.7 Å². The number of nitrogens with one attached hydrogen (secondary N) is 3. The fraction of sp³-hybridized carbons (Fsp3) is 0.217. The number of anilines is 3. The molecule has 0 saturated carbocycles. The minimum absolute atomic E-state index is 0.00817. The molecule has 0 unspecified atom stereocenters. The zero-order chi connectivity index (χ0) is 50.9. The van der Waals surface area contributed by atoms with E-state index in [-0.39, 0.29) is 89.8 Å². The molecule has 0 atom stereocenters. The van der Waals surface area contributed by atoms with Crippen molar-refractivity contribution in [1.29, 1.82) is 0 Å². The number of nitrogens with zero attached hydrogens (tertiary/aromatic N) is 7. The van der Waals surface area contributed by atoms with E-state index in [0.717, 1.165) is 22.9 Å². The lowest BCUT2D eigenvalue weighted by molar-refractivity contribution is -0.143. The largest absolute Gasteiger partial charge is 0.496 e. The van der Waals surface area contributed by atoms with Crippen LogP contribution in [0.2, 0.25) is 0 Å². The highest BCUT2D eigenvalue weighted by atomic mass is 19.4. The molecule has 5 heterocycles. The lowest BCUT2D eigenvalue weighted by Gasteiger charge is -2.24. The third-order valence-corrected chi connectivity index (χ3v) is 11.4. The Morgan fingerprint density at radius 2 is 1.62 bits per heavy atom. The van der Waals surface area contributed by atoms with Crippen molar-refractivity contribution in [2.75, 3.05) is 49.2 Å². The molecule has 0 aliphatic carbocycles. The van der Waals surface area contributed by atoms with Gasteiger partial charge in [-0.05, 0) is 54.4 Å². The zero-order valence-corrected chi connectivity index (χ0v) is 37.0. The summed E-state index contributed by atoms with van der Waals surface area (Å²) in [6.07, 6.45) is -8.24. The lowest BCUT2D eigenvalue weighted by atomic mass is 10.0. The van der Waals surface area contributed by atoms with Crippen LogP contribution in [0.15, 0.2) is 96.1 Å². The van der Waals surface area contributed by atoms with Crippen molar-refractivity contribution in [2.45, 2.75) is 31.9 Å². The molecule has 4 aromatic heterocycles. The molecule has 4 amide bonds. The quantitative estimate of drug-likeness (QED) is 0.0923. The van der Waals surface area contributed by atoms with Gasteiger partial charge in [0, 0.05) is 67.0 Å². The minimum atomic E-state index is -5.21. The van der Waals surface area contributed by atoms with E-state index in [4.69, 9.17) is 16.2 Å². The van der Waals surface area contributed by atoms with Crippen LogP contribution in [-0.2, 0) is 30.2 Å². The number of hydrogen-bond acceptors (Lipinski definition) is 11. The third kappa shape index (κ3) is 10.2. The van der Waals surface area contributed by atoms with Crippen LogP contribution in [0.4, 0.5) is 48.1 Å². The molecule has 25 heteroatoms. The SMILES string of the molecule is COc1ccc(F)cc1C(=O)NCc1ccc(-c2nn(CC(=O)N3CCCN(c4cc(NC(=O)c5cnn(-c6cccc7c(=O)[nH]ccc67)c5C(F)(F)F)cc(C(F)(F)F)n4)CC3)c(N)c2C(N)=O)cc1. The van der Waals surface area contributed by atoms with Crippen LogP contribution in [0.3, 0.4) is 0 Å². The summed E-state index contributed by atoms with van der Waals surface area (Å²) in [6.45, 7) is -0.432. The molecule has 7 aromatic rings. The number of nitrogen functional groups attached to an aromatic ring is 1. The van der Waals surface area contributed by atoms with Gasteiger partial charge in [-0.25, -0.2) is 18.7 Å². The van der Waals surface area contributed by atoms with E-state index >= 15 is 0 Å². The van der Waals surface area contributed by atoms with Gasteiger partial charge in [-0.3, -0.25) is 24.0 Å². The summed E-state index contributed by atoms with van der Waals surface area (Å²) in [7, 11) is 1.34. The van der Waals surface area contributed by atoms with Crippen molar-refractivity contribution in [2.24, 2.45) is 5.73 Å². The number of primary amides is 1. The van der Waals surface area contributed by atoms with Gasteiger partial charge in [-0.2, -0.15) is 36.5 Å². The maximum atomic E-state index is 14.7. The Morgan fingerprint density at radius 3 is 2.32 bits per heavy atom. The molecule has 8 rings (SSSR count). The second-order valence-electron chi connectivity index (χ2n) is 16.0. The Balaban J connectivity index is 0.967. The highest BCUT2D eigenvalue weighted by Crippen LogP contribution is 2.37. The average Bonchev–Trinajstić information content (AvgIpc) is 3.83. The summed E-state index contributed by atoms with van der Waals surface area (Å²) in [5.74, 6) is -4.49. The molecule has 18 nitrogen and oxygen atoms in total. The predicted octanol–water partition coefficient (Wildman–Crippen LogP) is 5.76. The van der Waals surface area contributed by atoms with Gasteiger partial charge in [0.25, 0.3) is 23.3 Å². The Kier molecular flexibility index (Phi) is 13.2. The van der Waals surface area contributed by atoms with Crippen molar-refractivity contribution in [3.05, 3.63) is 141 Å². The Bertz CT molecular complexity index is 3280. The number of aromatic amines is 1. The number of hydrogen-bond donors (Lipinski definition) is 5. The van der Waals surface area contributed by atoms with Crippen LogP contribution < -0.4 is 37.3 Å². The van der Waals surface area contributed by atoms with Gasteiger partial charge in [0.1, 0.15) is 46.7 Å². The highest BCUT2D eigenvalue weighted by Gasteiger charge is 2.41. The van der Waals surface area contributed by atoms with Gasteiger partial charge in [-0.15, -0.1) is 0 Å². The Morgan fingerprint density at radius 1 is 0.859 bits per heavy atom. The van der Waals surface area contributed by atoms with Crippen LogP contribution in [0.5, 0.6) is 5.75 Å². The van der Waals surface area contributed by atoms with E-state index in [2.05, 4.69) is 30.8 Å². The number of rotatable bonds is 12. The first-order chi connectivity index (χ1) is 33.7. The van der Waals surface area contributed by atoms with Crippen LogP contribution in [0.1, 0.15) is 54.4 Å². The predicted molar refractivity (Wildman–Crippen MR) is 242 cm³/mol. The first-order valence-corrected chi connectivity index (χ1v) is 21.3. The normalized spacial score (nSPS) is 13.2. The van der Waals surface area contributed by atoms with E-state index in [1.54, 1.807) is 24.3 Å². The number of ether oxygens (including phenoxy) is 1. The smallest absolute Gasteiger partial charge is 0.434 e. The maximum absolute atomic E-state index is 14.7. The number of amides is 4. The summed E-state index contributed by atoms with van der Waals surface area (Å²) >= 11 is 0. The van der Waals surface area contributed by atoms with Gasteiger partial charge in [-0.1, -0.05) is 30.3 Å². The molecule has 1 aliphatic rings. The number of fused-ring (bicyclic) bond motifs is 1. The van der Waals surface area contributed by atoms with E-state index in [1.165, 1.54) is 53.4 Å². The number of pyridine rings is 2. The number of aromatic nitrogens is 6. The first kappa shape index (κ1) is 48.7. The van der Waals surface area contributed by atoms with Gasteiger partial charge in [0.2, 0.25) is 5.91 Å². The summed E-state index contributed by atoms with van der Waals surface area (Å²) in [4.78, 5) is 74.1. The van der Waals surface area contributed by atoms with Crippen LogP contribution >= 0.6 is 0 Å². The Hall–Kier alpha value is -8.77. The van der Waals surface area contributed by atoms with Crippen molar-refractivity contribution in [3.63, 3.8) is 0 Å². The number of carbonyl (C=O) groups is 4. The lowest BCUT2D eigenvalue weighted by Crippen LogP contribution is -2.37. The molecule has 3 aromatic carbocycles. The van der Waals surface area contributed by atoms with E-state index in [1.807, 2.05) is 0 Å². The number of halogens is 7. The monoisotopic (exact) mass is 988 g/mol. The average molecular weight is 989 g/mol. The van der Waals surface area contributed by atoms with Crippen LogP contribution in [-0.4, -0.2) is 91.3 Å². The number of carbonyl (C=O) groups excluding carboxylic acids is 4. The molecule has 1 aliphatic heterocycles. The number of methoxy groups -OCH3 is 1. The molecule has 1 saturated heterocycles. The second-order valence-corrected chi connectivity index (χ2v) is 16.0. The van der Waals surface area contributed by atoms with Crippen molar-refractivity contribution < 1.29 is 54.6 Å². The van der Waals surface area contributed by atoms with Crippen molar-refractivity contribution in [3.8, 4) is 22.7 Å². The fourth-order valence-electron chi connectivity index (χ4n) is 8.03. The molecular weight excluding hydrogens is 950 g/mol. The summed E-state index contributed by atoms with van der Waals surface area (Å²) in [5.41, 5.74) is 7.48. The van der Waals surface area contributed by atoms with E-state index in [0.29, 0.717) is 28.1 Å². The minimum Gasteiger partial charge on any atom is -0.496 e. The molecule has 0 radical (unpaired) electrons. The zero-order valence-electron chi connectivity index (χ0n) is 37.0. The summed E-state index contributed by atoms with van der Waals surface area (Å²) < 4.78 is 107. The first-order valence-electron chi connectivity index (χ1n) is 21.3. The molecule has 0 bridgehead atoms. The fourth-order valence-corrected chi connectivity index (χ4v) is 8.03. The number of alkyl halides is 6. The van der Waals surface area contributed by atoms with Crippen LogP contribution in [0.25, 0.3) is 27.7 Å². The van der Waals surface area contributed by atoms with E-state index < -0.39 is 76.5 Å². The molecule has 7 N–H and O–H groups in total. The molecular formula is C46H39F7N12O6. The van der Waals surface area contributed by atoms with Crippen molar-refractivity contribution in [1.82, 2.24) is 39.7 Å². The molecule has 368 valence electrons. The van der Waals surface area contributed by atoms with Crippen molar-refractivity contribution >= 4 is 51.7 Å². The third-order valence-electron chi connectivity index (χ3n) is 11.4. The number of H-pyrrole nitrogens is 1. The second kappa shape index (κ2) is 19.3. The molecule has 1 fully saturated rings. The van der Waals surface area contributed by atoms with Gasteiger partial charge >= 0.3 is 12.4 Å². The van der Waals surface area contributed by atoms with Crippen LogP contribution in [0, 0.1) is 5.82 Å². The summed E-state index contributed by atoms with van der Waals surface area (Å²) in [6, 6.07) is 16.8. The number of benzene rings is 3. The highest BCUT2D eigenvalue weighted by molar-refractivity contribution is 6.06. The number of nitrogens with two attached hydrogens (primary N) is 2. The molecule has 0 spiro atoms. The Labute approximate surface area is 396 Å².